The number of thiazole rings is 1. The molecule has 0 bridgehead atoms. The standard InChI is InChI=1S/C19H16F2N2O2S/c1-11-7-8-13(12(2)9-11)17(24)23-19-22-15(10-26-19)14-5-3-4-6-16(14)25-18(20)21/h3-10,18H,1-2H3,(H,22,23,24). The summed E-state index contributed by atoms with van der Waals surface area (Å²) < 4.78 is 29.6. The second kappa shape index (κ2) is 7.61. The molecule has 2 aromatic carbocycles. The van der Waals surface area contributed by atoms with E-state index in [-0.39, 0.29) is 11.7 Å². The third kappa shape index (κ3) is 4.05. The van der Waals surface area contributed by atoms with Gasteiger partial charge in [0.2, 0.25) is 0 Å². The van der Waals surface area contributed by atoms with Gasteiger partial charge in [0.1, 0.15) is 5.75 Å². The van der Waals surface area contributed by atoms with Gasteiger partial charge in [-0.1, -0.05) is 29.8 Å². The van der Waals surface area contributed by atoms with E-state index in [0.717, 1.165) is 11.1 Å². The summed E-state index contributed by atoms with van der Waals surface area (Å²) in [6.45, 7) is 0.909. The lowest BCUT2D eigenvalue weighted by Crippen LogP contribution is -2.13. The number of aryl methyl sites for hydroxylation is 2. The Labute approximate surface area is 153 Å². The minimum absolute atomic E-state index is 0.0417. The number of benzene rings is 2. The molecule has 1 amide bonds. The first kappa shape index (κ1) is 18.0. The van der Waals surface area contributed by atoms with Crippen molar-refractivity contribution in [1.82, 2.24) is 4.98 Å². The van der Waals surface area contributed by atoms with Crippen LogP contribution in [-0.4, -0.2) is 17.5 Å². The predicted molar refractivity (Wildman–Crippen MR) is 98.1 cm³/mol. The van der Waals surface area contributed by atoms with Crippen molar-refractivity contribution in [2.24, 2.45) is 0 Å². The number of nitrogens with zero attached hydrogens (tertiary/aromatic N) is 1. The Morgan fingerprint density at radius 2 is 1.96 bits per heavy atom. The molecule has 0 saturated carbocycles. The van der Waals surface area contributed by atoms with Gasteiger partial charge in [-0.2, -0.15) is 8.78 Å². The monoisotopic (exact) mass is 374 g/mol. The van der Waals surface area contributed by atoms with Gasteiger partial charge in [0, 0.05) is 16.5 Å². The lowest BCUT2D eigenvalue weighted by Gasteiger charge is -2.08. The number of nitrogens with one attached hydrogen (secondary N) is 1. The van der Waals surface area contributed by atoms with E-state index in [1.165, 1.54) is 17.4 Å². The van der Waals surface area contributed by atoms with Gasteiger partial charge in [0.15, 0.2) is 5.13 Å². The molecule has 134 valence electrons. The number of carbonyl (C=O) groups excluding carboxylic acids is 1. The molecular formula is C19H16F2N2O2S. The molecule has 0 radical (unpaired) electrons. The van der Waals surface area contributed by atoms with Crippen molar-refractivity contribution in [1.29, 1.82) is 0 Å². The molecule has 0 fully saturated rings. The Balaban J connectivity index is 1.81. The maximum Gasteiger partial charge on any atom is 0.387 e. The molecule has 0 aliphatic rings. The smallest absolute Gasteiger partial charge is 0.387 e. The summed E-state index contributed by atoms with van der Waals surface area (Å²) >= 11 is 1.22. The summed E-state index contributed by atoms with van der Waals surface area (Å²) in [5.41, 5.74) is 3.41. The van der Waals surface area contributed by atoms with Gasteiger partial charge in [-0.05, 0) is 37.6 Å². The maximum absolute atomic E-state index is 12.6. The molecule has 0 saturated heterocycles. The topological polar surface area (TPSA) is 51.2 Å². The number of alkyl halides is 2. The zero-order valence-corrected chi connectivity index (χ0v) is 14.9. The van der Waals surface area contributed by atoms with Crippen LogP contribution in [0.3, 0.4) is 0 Å². The van der Waals surface area contributed by atoms with E-state index in [0.29, 0.717) is 22.0 Å². The molecule has 0 unspecified atom stereocenters. The van der Waals surface area contributed by atoms with Crippen LogP contribution in [0.1, 0.15) is 21.5 Å². The number of halogens is 2. The van der Waals surface area contributed by atoms with Crippen LogP contribution in [0.5, 0.6) is 5.75 Å². The molecule has 0 atom stereocenters. The molecule has 3 aromatic rings. The summed E-state index contributed by atoms with van der Waals surface area (Å²) in [6.07, 6.45) is 0. The zero-order chi connectivity index (χ0) is 18.7. The van der Waals surface area contributed by atoms with E-state index in [1.807, 2.05) is 26.0 Å². The van der Waals surface area contributed by atoms with E-state index >= 15 is 0 Å². The quantitative estimate of drug-likeness (QED) is 0.661. The molecule has 3 rings (SSSR count). The van der Waals surface area contributed by atoms with Crippen LogP contribution in [-0.2, 0) is 0 Å². The lowest BCUT2D eigenvalue weighted by molar-refractivity contribution is -0.0494. The normalized spacial score (nSPS) is 10.8. The first-order chi connectivity index (χ1) is 12.4. The van der Waals surface area contributed by atoms with Crippen LogP contribution in [0.25, 0.3) is 11.3 Å². The minimum Gasteiger partial charge on any atom is -0.434 e. The minimum atomic E-state index is -2.92. The number of carbonyl (C=O) groups is 1. The SMILES string of the molecule is Cc1ccc(C(=O)Nc2nc(-c3ccccc3OC(F)F)cs2)c(C)c1. The van der Waals surface area contributed by atoms with E-state index in [9.17, 15) is 13.6 Å². The Morgan fingerprint density at radius 1 is 1.19 bits per heavy atom. The van der Waals surface area contributed by atoms with Crippen molar-refractivity contribution in [3.63, 3.8) is 0 Å². The third-order valence-corrected chi connectivity index (χ3v) is 4.49. The molecule has 1 heterocycles. The summed E-state index contributed by atoms with van der Waals surface area (Å²) in [4.78, 5) is 16.8. The van der Waals surface area contributed by atoms with Gasteiger partial charge in [-0.3, -0.25) is 10.1 Å². The van der Waals surface area contributed by atoms with Crippen molar-refractivity contribution in [3.8, 4) is 17.0 Å². The summed E-state index contributed by atoms with van der Waals surface area (Å²) in [6, 6.07) is 12.0. The number of anilines is 1. The van der Waals surface area contributed by atoms with Gasteiger partial charge >= 0.3 is 6.61 Å². The molecule has 0 aliphatic heterocycles. The van der Waals surface area contributed by atoms with Crippen LogP contribution < -0.4 is 10.1 Å². The second-order valence-corrected chi connectivity index (χ2v) is 6.54. The molecule has 26 heavy (non-hydrogen) atoms. The fourth-order valence-corrected chi connectivity index (χ4v) is 3.27. The van der Waals surface area contributed by atoms with Crippen molar-refractivity contribution in [2.75, 3.05) is 5.32 Å². The fourth-order valence-electron chi connectivity index (χ4n) is 2.56. The van der Waals surface area contributed by atoms with Crippen LogP contribution in [0, 0.1) is 13.8 Å². The molecule has 7 heteroatoms. The average Bonchev–Trinajstić information content (AvgIpc) is 3.03. The first-order valence-electron chi connectivity index (χ1n) is 7.82. The lowest BCUT2D eigenvalue weighted by atomic mass is 10.1. The van der Waals surface area contributed by atoms with Crippen molar-refractivity contribution in [3.05, 3.63) is 64.5 Å². The molecule has 1 aromatic heterocycles. The van der Waals surface area contributed by atoms with E-state index in [1.54, 1.807) is 29.6 Å². The highest BCUT2D eigenvalue weighted by atomic mass is 32.1. The second-order valence-electron chi connectivity index (χ2n) is 5.69. The van der Waals surface area contributed by atoms with Gasteiger partial charge in [-0.15, -0.1) is 11.3 Å². The number of hydrogen-bond donors (Lipinski definition) is 1. The summed E-state index contributed by atoms with van der Waals surface area (Å²) in [5.74, 6) is -0.222. The largest absolute Gasteiger partial charge is 0.434 e. The summed E-state index contributed by atoms with van der Waals surface area (Å²) in [7, 11) is 0. The van der Waals surface area contributed by atoms with Crippen molar-refractivity contribution < 1.29 is 18.3 Å². The van der Waals surface area contributed by atoms with Crippen molar-refractivity contribution in [2.45, 2.75) is 20.5 Å². The van der Waals surface area contributed by atoms with Crippen LogP contribution in [0.2, 0.25) is 0 Å². The number of para-hydroxylation sites is 1. The predicted octanol–water partition coefficient (Wildman–Crippen LogP) is 5.28. The van der Waals surface area contributed by atoms with Gasteiger partial charge in [0.25, 0.3) is 5.91 Å². The van der Waals surface area contributed by atoms with E-state index in [4.69, 9.17) is 0 Å². The van der Waals surface area contributed by atoms with Crippen LogP contribution >= 0.6 is 11.3 Å². The Morgan fingerprint density at radius 3 is 2.69 bits per heavy atom. The number of aromatic nitrogens is 1. The van der Waals surface area contributed by atoms with E-state index < -0.39 is 6.61 Å². The fraction of sp³-hybridized carbons (Fsp3) is 0.158. The number of rotatable bonds is 5. The molecule has 0 aliphatic carbocycles. The zero-order valence-electron chi connectivity index (χ0n) is 14.1. The number of hydrogen-bond acceptors (Lipinski definition) is 4. The maximum atomic E-state index is 12.6. The molecular weight excluding hydrogens is 358 g/mol. The van der Waals surface area contributed by atoms with Crippen LogP contribution in [0.15, 0.2) is 47.8 Å². The third-order valence-electron chi connectivity index (χ3n) is 3.73. The van der Waals surface area contributed by atoms with Gasteiger partial charge < -0.3 is 4.74 Å². The van der Waals surface area contributed by atoms with Gasteiger partial charge in [0.05, 0.1) is 5.69 Å². The highest BCUT2D eigenvalue weighted by Gasteiger charge is 2.15. The average molecular weight is 374 g/mol. The number of ether oxygens (including phenoxy) is 1. The molecule has 0 spiro atoms. The molecule has 4 nitrogen and oxygen atoms in total. The Kier molecular flexibility index (Phi) is 5.27. The highest BCUT2D eigenvalue weighted by Crippen LogP contribution is 2.33. The van der Waals surface area contributed by atoms with Crippen LogP contribution in [0.4, 0.5) is 13.9 Å². The summed E-state index contributed by atoms with van der Waals surface area (Å²) in [5, 5.41) is 4.82. The van der Waals surface area contributed by atoms with Gasteiger partial charge in [-0.25, -0.2) is 4.98 Å². The first-order valence-corrected chi connectivity index (χ1v) is 8.70. The van der Waals surface area contributed by atoms with E-state index in [2.05, 4.69) is 15.0 Å². The van der Waals surface area contributed by atoms with Crippen molar-refractivity contribution >= 4 is 22.4 Å². The molecule has 1 N–H and O–H groups in total. The Bertz CT molecular complexity index is 941. The number of amides is 1. The highest BCUT2D eigenvalue weighted by molar-refractivity contribution is 7.14. The Hall–Kier alpha value is -2.80.